The average molecular weight is 689 g/mol. The number of allylic oxidation sites excluding steroid dienone is 5. The van der Waals surface area contributed by atoms with Crippen LogP contribution in [0.15, 0.2) is 77.5 Å². The largest absolute Gasteiger partial charge is 0.489 e. The van der Waals surface area contributed by atoms with E-state index in [2.05, 4.69) is 17.3 Å². The van der Waals surface area contributed by atoms with Gasteiger partial charge in [-0.25, -0.2) is 17.6 Å². The SMILES string of the molecule is CCOC(=O)CS(=O)(=O)N(C/C=C/C1=CCC(=N)C(NC(=O)Oc2ccc(F)cc2)=C1C)c1ccc(OC2CCN(C)CC2)c(Cl)c1. The summed E-state index contributed by atoms with van der Waals surface area (Å²) in [6.45, 7) is 4.96. The predicted molar refractivity (Wildman–Crippen MR) is 178 cm³/mol. The van der Waals surface area contributed by atoms with Gasteiger partial charge in [-0.05, 0) is 87.3 Å². The first kappa shape index (κ1) is 35.7. The van der Waals surface area contributed by atoms with Gasteiger partial charge >= 0.3 is 12.1 Å². The van der Waals surface area contributed by atoms with E-state index >= 15 is 0 Å². The van der Waals surface area contributed by atoms with E-state index in [4.69, 9.17) is 31.2 Å². The van der Waals surface area contributed by atoms with Crippen LogP contribution in [0.4, 0.5) is 14.9 Å². The summed E-state index contributed by atoms with van der Waals surface area (Å²) >= 11 is 6.57. The average Bonchev–Trinajstić information content (AvgIpc) is 3.01. The van der Waals surface area contributed by atoms with Crippen LogP contribution in [0.25, 0.3) is 0 Å². The highest BCUT2D eigenvalue weighted by atomic mass is 35.5. The number of likely N-dealkylation sites (tertiary alicyclic amines) is 1. The Morgan fingerprint density at radius 1 is 1.17 bits per heavy atom. The smallest absolute Gasteiger partial charge is 0.417 e. The van der Waals surface area contributed by atoms with Crippen LogP contribution < -0.4 is 19.1 Å². The third kappa shape index (κ3) is 9.90. The van der Waals surface area contributed by atoms with Crippen LogP contribution in [0.5, 0.6) is 11.5 Å². The van der Waals surface area contributed by atoms with Crippen molar-refractivity contribution in [3.63, 3.8) is 0 Å². The molecule has 252 valence electrons. The van der Waals surface area contributed by atoms with Crippen LogP contribution in [0.2, 0.25) is 5.02 Å². The lowest BCUT2D eigenvalue weighted by Gasteiger charge is -2.30. The number of sulfonamides is 1. The second-order valence-corrected chi connectivity index (χ2v) is 13.3. The fraction of sp³-hybridized carbons (Fsp3) is 0.364. The Kier molecular flexibility index (Phi) is 12.2. The molecule has 0 saturated carbocycles. The van der Waals surface area contributed by atoms with Crippen molar-refractivity contribution < 1.29 is 36.6 Å². The molecule has 0 aromatic heterocycles. The van der Waals surface area contributed by atoms with Crippen LogP contribution in [0, 0.1) is 11.2 Å². The highest BCUT2D eigenvalue weighted by Crippen LogP contribution is 2.33. The number of esters is 1. The number of carbonyl (C=O) groups is 2. The highest BCUT2D eigenvalue weighted by Gasteiger charge is 2.27. The zero-order valence-corrected chi connectivity index (χ0v) is 28.0. The minimum absolute atomic E-state index is 0.00757. The number of nitrogens with zero attached hydrogens (tertiary/aromatic N) is 2. The molecule has 2 aromatic carbocycles. The molecule has 1 fully saturated rings. The maximum absolute atomic E-state index is 13.5. The highest BCUT2D eigenvalue weighted by molar-refractivity contribution is 7.93. The van der Waals surface area contributed by atoms with Gasteiger partial charge in [-0.1, -0.05) is 29.8 Å². The number of rotatable bonds is 12. The fourth-order valence-electron chi connectivity index (χ4n) is 5.04. The number of anilines is 1. The molecule has 0 atom stereocenters. The summed E-state index contributed by atoms with van der Waals surface area (Å²) < 4.78 is 57.4. The number of ether oxygens (including phenoxy) is 3. The maximum atomic E-state index is 13.5. The molecule has 0 radical (unpaired) electrons. The number of nitrogens with one attached hydrogen (secondary N) is 2. The standard InChI is InChI=1S/C33H38ClFN4O7S/c1-4-44-31(40)21-47(42,43)39(25-10-14-30(28(34)20-25)45-27-15-18-38(3)19-16-27)17-5-6-23-7-13-29(36)32(22(23)2)37-33(41)46-26-11-8-24(35)9-12-26/h5-12,14,20,27,36H,4,13,15-19,21H2,1-3H3,(H,37,41)/b6-5+,36-29?. The Labute approximate surface area is 279 Å². The minimum atomic E-state index is -4.20. The molecular weight excluding hydrogens is 651 g/mol. The Morgan fingerprint density at radius 2 is 1.87 bits per heavy atom. The van der Waals surface area contributed by atoms with Crippen molar-refractivity contribution >= 4 is 45.1 Å². The fourth-order valence-corrected chi connectivity index (χ4v) is 6.55. The molecule has 0 spiro atoms. The third-order valence-corrected chi connectivity index (χ3v) is 9.49. The monoisotopic (exact) mass is 688 g/mol. The number of piperidine rings is 1. The molecule has 4 rings (SSSR count). The topological polar surface area (TPSA) is 138 Å². The molecule has 0 unspecified atom stereocenters. The molecule has 0 bridgehead atoms. The molecule has 1 amide bonds. The minimum Gasteiger partial charge on any atom is -0.489 e. The summed E-state index contributed by atoms with van der Waals surface area (Å²) in [7, 11) is -2.15. The van der Waals surface area contributed by atoms with E-state index in [1.807, 2.05) is 0 Å². The van der Waals surface area contributed by atoms with Crippen molar-refractivity contribution in [1.82, 2.24) is 10.2 Å². The van der Waals surface area contributed by atoms with Gasteiger partial charge in [0.1, 0.15) is 23.4 Å². The van der Waals surface area contributed by atoms with E-state index in [0.717, 1.165) is 42.4 Å². The summed E-state index contributed by atoms with van der Waals surface area (Å²) in [6, 6.07) is 9.62. The van der Waals surface area contributed by atoms with Gasteiger partial charge in [0.15, 0.2) is 5.75 Å². The Morgan fingerprint density at radius 3 is 2.53 bits per heavy atom. The molecular formula is C33H38ClFN4O7S. The lowest BCUT2D eigenvalue weighted by molar-refractivity contribution is -0.139. The number of amides is 1. The van der Waals surface area contributed by atoms with E-state index in [0.29, 0.717) is 16.9 Å². The van der Waals surface area contributed by atoms with E-state index in [9.17, 15) is 22.4 Å². The number of hydrogen-bond acceptors (Lipinski definition) is 9. The zero-order valence-electron chi connectivity index (χ0n) is 26.4. The number of halogens is 2. The molecule has 1 heterocycles. The Balaban J connectivity index is 1.52. The lowest BCUT2D eigenvalue weighted by atomic mass is 9.94. The van der Waals surface area contributed by atoms with Crippen LogP contribution in [-0.4, -0.2) is 76.2 Å². The van der Waals surface area contributed by atoms with Gasteiger partial charge in [-0.3, -0.25) is 14.4 Å². The first-order valence-corrected chi connectivity index (χ1v) is 17.1. The second kappa shape index (κ2) is 16.1. The Bertz CT molecular complexity index is 1680. The molecule has 2 N–H and O–H groups in total. The van der Waals surface area contributed by atoms with Gasteiger partial charge in [-0.2, -0.15) is 0 Å². The molecule has 2 aromatic rings. The van der Waals surface area contributed by atoms with Gasteiger partial charge in [0, 0.05) is 19.5 Å². The third-order valence-electron chi connectivity index (χ3n) is 7.56. The summed E-state index contributed by atoms with van der Waals surface area (Å²) in [4.78, 5) is 27.0. The number of hydrogen-bond donors (Lipinski definition) is 2. The normalized spacial score (nSPS) is 16.2. The summed E-state index contributed by atoms with van der Waals surface area (Å²) in [5, 5.41) is 11.1. The van der Waals surface area contributed by atoms with Crippen LogP contribution in [0.1, 0.15) is 33.1 Å². The maximum Gasteiger partial charge on any atom is 0.417 e. The zero-order chi connectivity index (χ0) is 34.1. The molecule has 47 heavy (non-hydrogen) atoms. The summed E-state index contributed by atoms with van der Waals surface area (Å²) in [6.07, 6.45) is 6.06. The Hall–Kier alpha value is -4.20. The first-order valence-electron chi connectivity index (χ1n) is 15.1. The van der Waals surface area contributed by atoms with Crippen molar-refractivity contribution in [2.75, 3.05) is 43.3 Å². The van der Waals surface area contributed by atoms with Crippen molar-refractivity contribution in [3.8, 4) is 11.5 Å². The van der Waals surface area contributed by atoms with E-state index in [1.54, 1.807) is 44.2 Å². The van der Waals surface area contributed by atoms with Crippen molar-refractivity contribution in [3.05, 3.63) is 88.4 Å². The summed E-state index contributed by atoms with van der Waals surface area (Å²) in [5.41, 5.74) is 1.80. The predicted octanol–water partition coefficient (Wildman–Crippen LogP) is 5.62. The van der Waals surface area contributed by atoms with E-state index < -0.39 is 33.7 Å². The van der Waals surface area contributed by atoms with Gasteiger partial charge in [0.25, 0.3) is 0 Å². The van der Waals surface area contributed by atoms with E-state index in [-0.39, 0.29) is 53.5 Å². The number of benzene rings is 2. The van der Waals surface area contributed by atoms with Gasteiger partial charge in [0.05, 0.1) is 35.3 Å². The summed E-state index contributed by atoms with van der Waals surface area (Å²) in [5.74, 6) is -1.66. The van der Waals surface area contributed by atoms with Crippen LogP contribution in [0.3, 0.4) is 0 Å². The molecule has 2 aliphatic rings. The van der Waals surface area contributed by atoms with E-state index in [1.165, 1.54) is 18.2 Å². The van der Waals surface area contributed by atoms with Crippen molar-refractivity contribution in [2.45, 2.75) is 39.2 Å². The van der Waals surface area contributed by atoms with Crippen LogP contribution >= 0.6 is 11.6 Å². The molecule has 1 saturated heterocycles. The van der Waals surface area contributed by atoms with Gasteiger partial charge in [0.2, 0.25) is 10.0 Å². The molecule has 14 heteroatoms. The molecule has 11 nitrogen and oxygen atoms in total. The van der Waals surface area contributed by atoms with Crippen LogP contribution in [-0.2, 0) is 19.6 Å². The molecule has 1 aliphatic carbocycles. The van der Waals surface area contributed by atoms with Crippen molar-refractivity contribution in [1.29, 1.82) is 5.41 Å². The second-order valence-electron chi connectivity index (χ2n) is 11.0. The molecule has 1 aliphatic heterocycles. The van der Waals surface area contributed by atoms with Gasteiger partial charge in [-0.15, -0.1) is 0 Å². The number of carbonyl (C=O) groups excluding carboxylic acids is 2. The first-order chi connectivity index (χ1) is 22.4. The quantitative estimate of drug-likeness (QED) is 0.274. The van der Waals surface area contributed by atoms with Crippen molar-refractivity contribution in [2.24, 2.45) is 0 Å². The van der Waals surface area contributed by atoms with Gasteiger partial charge < -0.3 is 24.5 Å². The lowest BCUT2D eigenvalue weighted by Crippen LogP contribution is -2.36.